The number of anilines is 1. The van der Waals surface area contributed by atoms with Crippen LogP contribution in [0, 0.1) is 12.7 Å². The Kier molecular flexibility index (Phi) is 6.39. The van der Waals surface area contributed by atoms with E-state index in [2.05, 4.69) is 32.2 Å². The molecule has 162 valence electrons. The predicted molar refractivity (Wildman–Crippen MR) is 116 cm³/mol. The fourth-order valence-corrected chi connectivity index (χ4v) is 3.70. The molecule has 0 aliphatic carbocycles. The zero-order valence-electron chi connectivity index (χ0n) is 17.7. The van der Waals surface area contributed by atoms with E-state index < -0.39 is 0 Å². The van der Waals surface area contributed by atoms with E-state index in [-0.39, 0.29) is 17.8 Å². The lowest BCUT2D eigenvalue weighted by Gasteiger charge is -2.36. The largest absolute Gasteiger partial charge is 0.419 e. The quantitative estimate of drug-likeness (QED) is 0.654. The minimum atomic E-state index is -0.324. The summed E-state index contributed by atoms with van der Waals surface area (Å²) < 4.78 is 18.9. The summed E-state index contributed by atoms with van der Waals surface area (Å²) in [6, 6.07) is 13.8. The number of nitrogens with zero attached hydrogens (tertiary/aromatic N) is 4. The third-order valence-electron chi connectivity index (χ3n) is 5.51. The van der Waals surface area contributed by atoms with Gasteiger partial charge in [-0.05, 0) is 50.2 Å². The molecule has 7 nitrogen and oxygen atoms in total. The first-order valence-electron chi connectivity index (χ1n) is 10.4. The Morgan fingerprint density at radius 2 is 1.87 bits per heavy atom. The summed E-state index contributed by atoms with van der Waals surface area (Å²) in [5.74, 6) is 0.698. The van der Waals surface area contributed by atoms with Crippen molar-refractivity contribution in [2.75, 3.05) is 38.0 Å². The normalized spacial score (nSPS) is 16.2. The summed E-state index contributed by atoms with van der Waals surface area (Å²) in [6.45, 7) is 7.52. The molecule has 4 rings (SSSR count). The SMILES string of the molecule is Cc1cccc(-c2nnc(C(C)N3CCN(CC(=O)Nc4ccc(F)cc4)CC3)o2)c1. The van der Waals surface area contributed by atoms with Crippen LogP contribution in [0.5, 0.6) is 0 Å². The first kappa shape index (κ1) is 21.1. The smallest absolute Gasteiger partial charge is 0.247 e. The number of nitrogens with one attached hydrogen (secondary N) is 1. The first-order chi connectivity index (χ1) is 15.0. The van der Waals surface area contributed by atoms with Crippen molar-refractivity contribution < 1.29 is 13.6 Å². The van der Waals surface area contributed by atoms with Gasteiger partial charge in [-0.15, -0.1) is 10.2 Å². The summed E-state index contributed by atoms with van der Waals surface area (Å²) in [4.78, 5) is 16.7. The fraction of sp³-hybridized carbons (Fsp3) is 0.348. The van der Waals surface area contributed by atoms with Gasteiger partial charge in [0.2, 0.25) is 17.7 Å². The molecule has 1 aliphatic rings. The van der Waals surface area contributed by atoms with E-state index in [9.17, 15) is 9.18 Å². The van der Waals surface area contributed by atoms with Crippen molar-refractivity contribution in [2.45, 2.75) is 19.9 Å². The zero-order chi connectivity index (χ0) is 21.8. The molecule has 31 heavy (non-hydrogen) atoms. The van der Waals surface area contributed by atoms with Gasteiger partial charge in [0.15, 0.2) is 0 Å². The van der Waals surface area contributed by atoms with E-state index in [0.717, 1.165) is 37.3 Å². The van der Waals surface area contributed by atoms with Gasteiger partial charge in [-0.2, -0.15) is 0 Å². The molecule has 1 saturated heterocycles. The fourth-order valence-electron chi connectivity index (χ4n) is 3.70. The number of aromatic nitrogens is 2. The van der Waals surface area contributed by atoms with Crippen LogP contribution in [-0.2, 0) is 4.79 Å². The molecule has 2 heterocycles. The van der Waals surface area contributed by atoms with Crippen molar-refractivity contribution in [2.24, 2.45) is 0 Å². The number of piperazine rings is 1. The van der Waals surface area contributed by atoms with Crippen LogP contribution in [0.15, 0.2) is 52.9 Å². The molecule has 0 bridgehead atoms. The highest BCUT2D eigenvalue weighted by Crippen LogP contribution is 2.25. The Hall–Kier alpha value is -3.10. The summed E-state index contributed by atoms with van der Waals surface area (Å²) in [5, 5.41) is 11.3. The average molecular weight is 423 g/mol. The number of carbonyl (C=O) groups excluding carboxylic acids is 1. The van der Waals surface area contributed by atoms with E-state index in [1.165, 1.54) is 12.1 Å². The van der Waals surface area contributed by atoms with Gasteiger partial charge in [-0.1, -0.05) is 17.7 Å². The summed E-state index contributed by atoms with van der Waals surface area (Å²) >= 11 is 0. The average Bonchev–Trinajstić information content (AvgIpc) is 3.26. The number of benzene rings is 2. The van der Waals surface area contributed by atoms with Crippen molar-refractivity contribution in [1.29, 1.82) is 0 Å². The Labute approximate surface area is 180 Å². The Morgan fingerprint density at radius 3 is 2.58 bits per heavy atom. The molecule has 1 atom stereocenters. The van der Waals surface area contributed by atoms with E-state index in [1.807, 2.05) is 31.2 Å². The zero-order valence-corrected chi connectivity index (χ0v) is 17.7. The van der Waals surface area contributed by atoms with E-state index >= 15 is 0 Å². The Bertz CT molecular complexity index is 1030. The first-order valence-corrected chi connectivity index (χ1v) is 10.4. The number of halogens is 1. The van der Waals surface area contributed by atoms with E-state index in [4.69, 9.17) is 4.42 Å². The van der Waals surface area contributed by atoms with Gasteiger partial charge in [0.25, 0.3) is 0 Å². The molecule has 1 aromatic heterocycles. The van der Waals surface area contributed by atoms with Crippen LogP contribution in [-0.4, -0.2) is 58.6 Å². The number of aryl methyl sites for hydroxylation is 1. The highest BCUT2D eigenvalue weighted by molar-refractivity contribution is 5.92. The molecular formula is C23H26FN5O2. The lowest BCUT2D eigenvalue weighted by atomic mass is 10.1. The Balaban J connectivity index is 1.28. The van der Waals surface area contributed by atoms with Gasteiger partial charge < -0.3 is 9.73 Å². The molecule has 1 N–H and O–H groups in total. The molecule has 0 radical (unpaired) electrons. The second-order valence-electron chi connectivity index (χ2n) is 7.86. The third-order valence-corrected chi connectivity index (χ3v) is 5.51. The summed E-state index contributed by atoms with van der Waals surface area (Å²) in [7, 11) is 0. The highest BCUT2D eigenvalue weighted by Gasteiger charge is 2.26. The van der Waals surface area contributed by atoms with Crippen LogP contribution in [0.2, 0.25) is 0 Å². The number of hydrogen-bond donors (Lipinski definition) is 1. The van der Waals surface area contributed by atoms with Crippen LogP contribution < -0.4 is 5.32 Å². The van der Waals surface area contributed by atoms with Crippen molar-refractivity contribution in [3.63, 3.8) is 0 Å². The standard InChI is InChI=1S/C23H26FN5O2/c1-16-4-3-5-18(14-16)23-27-26-22(31-23)17(2)29-12-10-28(11-13-29)15-21(30)25-20-8-6-19(24)7-9-20/h3-9,14,17H,10-13,15H2,1-2H3,(H,25,30). The van der Waals surface area contributed by atoms with Crippen molar-refractivity contribution >= 4 is 11.6 Å². The van der Waals surface area contributed by atoms with Gasteiger partial charge in [0.05, 0.1) is 12.6 Å². The van der Waals surface area contributed by atoms with Crippen molar-refractivity contribution in [1.82, 2.24) is 20.0 Å². The molecule has 0 spiro atoms. The lowest BCUT2D eigenvalue weighted by Crippen LogP contribution is -2.49. The predicted octanol–water partition coefficient (Wildman–Crippen LogP) is 3.50. The van der Waals surface area contributed by atoms with Gasteiger partial charge in [-0.3, -0.25) is 14.6 Å². The van der Waals surface area contributed by atoms with E-state index in [1.54, 1.807) is 12.1 Å². The van der Waals surface area contributed by atoms with Crippen LogP contribution in [0.3, 0.4) is 0 Å². The molecule has 1 fully saturated rings. The second-order valence-corrected chi connectivity index (χ2v) is 7.86. The van der Waals surface area contributed by atoms with Crippen LogP contribution in [0.1, 0.15) is 24.4 Å². The van der Waals surface area contributed by atoms with Gasteiger partial charge in [0.1, 0.15) is 5.82 Å². The molecule has 1 unspecified atom stereocenters. The second kappa shape index (κ2) is 9.36. The van der Waals surface area contributed by atoms with Crippen molar-refractivity contribution in [3.05, 3.63) is 65.8 Å². The number of carbonyl (C=O) groups is 1. The number of amides is 1. The van der Waals surface area contributed by atoms with Gasteiger partial charge >= 0.3 is 0 Å². The van der Waals surface area contributed by atoms with Gasteiger partial charge in [-0.25, -0.2) is 4.39 Å². The van der Waals surface area contributed by atoms with Crippen LogP contribution in [0.4, 0.5) is 10.1 Å². The number of rotatable bonds is 6. The summed E-state index contributed by atoms with van der Waals surface area (Å²) in [5.41, 5.74) is 2.66. The van der Waals surface area contributed by atoms with Crippen molar-refractivity contribution in [3.8, 4) is 11.5 Å². The lowest BCUT2D eigenvalue weighted by molar-refractivity contribution is -0.117. The molecule has 0 saturated carbocycles. The van der Waals surface area contributed by atoms with Crippen LogP contribution >= 0.6 is 0 Å². The maximum atomic E-state index is 13.0. The summed E-state index contributed by atoms with van der Waals surface area (Å²) in [6.07, 6.45) is 0. The number of hydrogen-bond acceptors (Lipinski definition) is 6. The highest BCUT2D eigenvalue weighted by atomic mass is 19.1. The maximum Gasteiger partial charge on any atom is 0.247 e. The molecule has 1 amide bonds. The third kappa shape index (κ3) is 5.34. The minimum Gasteiger partial charge on any atom is -0.419 e. The molecular weight excluding hydrogens is 397 g/mol. The van der Waals surface area contributed by atoms with Crippen LogP contribution in [0.25, 0.3) is 11.5 Å². The minimum absolute atomic E-state index is 0.00116. The molecule has 1 aliphatic heterocycles. The molecule has 2 aromatic carbocycles. The van der Waals surface area contributed by atoms with E-state index in [0.29, 0.717) is 24.0 Å². The molecule has 8 heteroatoms. The van der Waals surface area contributed by atoms with Gasteiger partial charge in [0, 0.05) is 37.4 Å². The molecule has 3 aromatic rings. The topological polar surface area (TPSA) is 74.5 Å². The maximum absolute atomic E-state index is 13.0. The Morgan fingerprint density at radius 1 is 1.13 bits per heavy atom. The monoisotopic (exact) mass is 423 g/mol.